The normalized spacial score (nSPS) is 20.2. The van der Waals surface area contributed by atoms with Crippen molar-refractivity contribution in [2.45, 2.75) is 45.6 Å². The van der Waals surface area contributed by atoms with Gasteiger partial charge in [0.05, 0.1) is 13.2 Å². The van der Waals surface area contributed by atoms with Gasteiger partial charge in [-0.1, -0.05) is 25.8 Å². The summed E-state index contributed by atoms with van der Waals surface area (Å²) in [6.45, 7) is 4.22. The summed E-state index contributed by atoms with van der Waals surface area (Å²) in [7, 11) is 1.68. The van der Waals surface area contributed by atoms with Gasteiger partial charge < -0.3 is 9.84 Å². The zero-order valence-electron chi connectivity index (χ0n) is 11.0. The molecule has 2 nitrogen and oxygen atoms in total. The second-order valence-corrected chi connectivity index (χ2v) is 5.49. The Morgan fingerprint density at radius 3 is 2.47 bits per heavy atom. The van der Waals surface area contributed by atoms with E-state index >= 15 is 0 Å². The molecule has 1 aliphatic rings. The van der Waals surface area contributed by atoms with Crippen LogP contribution < -0.4 is 4.74 Å². The van der Waals surface area contributed by atoms with Crippen molar-refractivity contribution in [1.82, 2.24) is 0 Å². The van der Waals surface area contributed by atoms with Crippen molar-refractivity contribution < 1.29 is 9.84 Å². The summed E-state index contributed by atoms with van der Waals surface area (Å²) in [4.78, 5) is 0. The van der Waals surface area contributed by atoms with Gasteiger partial charge in [-0.05, 0) is 48.4 Å². The summed E-state index contributed by atoms with van der Waals surface area (Å²) in [6.07, 6.45) is 4.37. The van der Waals surface area contributed by atoms with Gasteiger partial charge in [-0.3, -0.25) is 0 Å². The molecular weight excluding hydrogens is 212 g/mol. The minimum atomic E-state index is -0.352. The maximum atomic E-state index is 10.5. The molecule has 0 aromatic heterocycles. The van der Waals surface area contributed by atoms with E-state index in [1.54, 1.807) is 7.11 Å². The molecule has 1 atom stereocenters. The summed E-state index contributed by atoms with van der Waals surface area (Å²) in [5.74, 6) is 0.887. The van der Waals surface area contributed by atoms with Crippen LogP contribution in [-0.4, -0.2) is 12.2 Å². The van der Waals surface area contributed by atoms with Crippen molar-refractivity contribution in [2.24, 2.45) is 5.41 Å². The highest BCUT2D eigenvalue weighted by Crippen LogP contribution is 2.47. The van der Waals surface area contributed by atoms with Gasteiger partial charge in [-0.15, -0.1) is 0 Å². The molecule has 0 aliphatic heterocycles. The fourth-order valence-electron chi connectivity index (χ4n) is 2.93. The largest absolute Gasteiger partial charge is 0.496 e. The van der Waals surface area contributed by atoms with Crippen LogP contribution in [0.1, 0.15) is 49.8 Å². The molecule has 0 bridgehead atoms. The number of aryl methyl sites for hydroxylation is 1. The van der Waals surface area contributed by atoms with E-state index in [0.29, 0.717) is 0 Å². The first-order valence-electron chi connectivity index (χ1n) is 6.39. The number of aliphatic hydroxyl groups is 1. The number of rotatable bonds is 3. The van der Waals surface area contributed by atoms with Gasteiger partial charge in [0.15, 0.2) is 0 Å². The van der Waals surface area contributed by atoms with Crippen molar-refractivity contribution in [3.63, 3.8) is 0 Å². The third-order valence-corrected chi connectivity index (χ3v) is 4.14. The minimum absolute atomic E-state index is 0.0566. The fourth-order valence-corrected chi connectivity index (χ4v) is 2.93. The number of aliphatic hydroxyl groups excluding tert-OH is 1. The first-order valence-corrected chi connectivity index (χ1v) is 6.39. The Morgan fingerprint density at radius 1 is 1.29 bits per heavy atom. The molecule has 1 saturated carbocycles. The molecule has 0 amide bonds. The highest BCUT2D eigenvalue weighted by Gasteiger charge is 2.36. The van der Waals surface area contributed by atoms with Gasteiger partial charge in [-0.25, -0.2) is 0 Å². The summed E-state index contributed by atoms with van der Waals surface area (Å²) >= 11 is 0. The molecule has 1 unspecified atom stereocenters. The molecule has 1 aromatic rings. The highest BCUT2D eigenvalue weighted by molar-refractivity contribution is 5.37. The molecule has 1 fully saturated rings. The Morgan fingerprint density at radius 2 is 1.94 bits per heavy atom. The van der Waals surface area contributed by atoms with Crippen molar-refractivity contribution >= 4 is 0 Å². The molecule has 2 heteroatoms. The third kappa shape index (κ3) is 2.32. The Hall–Kier alpha value is -1.02. The standard InChI is InChI=1S/C15H22O2/c1-11-10-12(6-7-13(11)17-3)14(16)15(2)8-4-5-9-15/h6-7,10,14,16H,4-5,8-9H2,1-3H3. The molecule has 94 valence electrons. The average molecular weight is 234 g/mol. The predicted molar refractivity (Wildman–Crippen MR) is 69.3 cm³/mol. The van der Waals surface area contributed by atoms with E-state index in [2.05, 4.69) is 6.92 Å². The van der Waals surface area contributed by atoms with Crippen molar-refractivity contribution in [1.29, 1.82) is 0 Å². The fraction of sp³-hybridized carbons (Fsp3) is 0.600. The van der Waals surface area contributed by atoms with E-state index < -0.39 is 0 Å². The van der Waals surface area contributed by atoms with E-state index in [0.717, 1.165) is 29.7 Å². The Bertz CT molecular complexity index is 392. The molecule has 1 aliphatic carbocycles. The van der Waals surface area contributed by atoms with Gasteiger partial charge >= 0.3 is 0 Å². The molecule has 1 aromatic carbocycles. The first kappa shape index (κ1) is 12.4. The molecule has 2 rings (SSSR count). The van der Waals surface area contributed by atoms with E-state index in [9.17, 15) is 5.11 Å². The summed E-state index contributed by atoms with van der Waals surface area (Å²) in [5, 5.41) is 10.5. The van der Waals surface area contributed by atoms with Crippen molar-refractivity contribution in [3.05, 3.63) is 29.3 Å². The molecule has 0 spiro atoms. The zero-order valence-corrected chi connectivity index (χ0v) is 11.0. The smallest absolute Gasteiger partial charge is 0.121 e. The molecule has 0 radical (unpaired) electrons. The van der Waals surface area contributed by atoms with Crippen LogP contribution in [0.5, 0.6) is 5.75 Å². The second-order valence-electron chi connectivity index (χ2n) is 5.49. The number of hydrogen-bond acceptors (Lipinski definition) is 2. The van der Waals surface area contributed by atoms with Crippen LogP contribution in [0, 0.1) is 12.3 Å². The Kier molecular flexibility index (Phi) is 3.43. The van der Waals surface area contributed by atoms with Crippen LogP contribution in [0.2, 0.25) is 0 Å². The van der Waals surface area contributed by atoms with Crippen LogP contribution in [0.15, 0.2) is 18.2 Å². The molecule has 1 N–H and O–H groups in total. The topological polar surface area (TPSA) is 29.5 Å². The van der Waals surface area contributed by atoms with Gasteiger partial charge in [0, 0.05) is 0 Å². The second kappa shape index (κ2) is 4.69. The van der Waals surface area contributed by atoms with Crippen LogP contribution in [0.3, 0.4) is 0 Å². The van der Waals surface area contributed by atoms with Gasteiger partial charge in [0.1, 0.15) is 5.75 Å². The van der Waals surface area contributed by atoms with Crippen LogP contribution in [0.4, 0.5) is 0 Å². The van der Waals surface area contributed by atoms with Gasteiger partial charge in [0.25, 0.3) is 0 Å². The maximum absolute atomic E-state index is 10.5. The molecular formula is C15H22O2. The quantitative estimate of drug-likeness (QED) is 0.865. The summed E-state index contributed by atoms with van der Waals surface area (Å²) in [6, 6.07) is 5.99. The van der Waals surface area contributed by atoms with E-state index in [1.165, 1.54) is 12.8 Å². The van der Waals surface area contributed by atoms with Crippen LogP contribution in [-0.2, 0) is 0 Å². The van der Waals surface area contributed by atoms with Crippen molar-refractivity contribution in [2.75, 3.05) is 7.11 Å². The average Bonchev–Trinajstić information content (AvgIpc) is 2.76. The number of hydrogen-bond donors (Lipinski definition) is 1. The Balaban J connectivity index is 2.25. The SMILES string of the molecule is COc1ccc(C(O)C2(C)CCCC2)cc1C. The van der Waals surface area contributed by atoms with Gasteiger partial charge in [-0.2, -0.15) is 0 Å². The summed E-state index contributed by atoms with van der Waals surface area (Å²) < 4.78 is 5.25. The number of benzene rings is 1. The summed E-state index contributed by atoms with van der Waals surface area (Å²) in [5.41, 5.74) is 2.17. The third-order valence-electron chi connectivity index (χ3n) is 4.14. The minimum Gasteiger partial charge on any atom is -0.496 e. The zero-order chi connectivity index (χ0) is 12.5. The van der Waals surface area contributed by atoms with E-state index in [1.807, 2.05) is 25.1 Å². The lowest BCUT2D eigenvalue weighted by molar-refractivity contribution is 0.0407. The highest BCUT2D eigenvalue weighted by atomic mass is 16.5. The molecule has 17 heavy (non-hydrogen) atoms. The molecule has 0 saturated heterocycles. The lowest BCUT2D eigenvalue weighted by Gasteiger charge is -2.30. The van der Waals surface area contributed by atoms with Crippen LogP contribution >= 0.6 is 0 Å². The Labute approximate surface area is 104 Å². The number of methoxy groups -OCH3 is 1. The molecule has 0 heterocycles. The van der Waals surface area contributed by atoms with E-state index in [4.69, 9.17) is 4.74 Å². The van der Waals surface area contributed by atoms with Crippen molar-refractivity contribution in [3.8, 4) is 5.75 Å². The van der Waals surface area contributed by atoms with E-state index in [-0.39, 0.29) is 11.5 Å². The lowest BCUT2D eigenvalue weighted by Crippen LogP contribution is -2.22. The first-order chi connectivity index (χ1) is 8.07. The monoisotopic (exact) mass is 234 g/mol. The van der Waals surface area contributed by atoms with Gasteiger partial charge in [0.2, 0.25) is 0 Å². The number of ether oxygens (including phenoxy) is 1. The lowest BCUT2D eigenvalue weighted by atomic mass is 9.79. The van der Waals surface area contributed by atoms with Crippen LogP contribution in [0.25, 0.3) is 0 Å². The predicted octanol–water partition coefficient (Wildman–Crippen LogP) is 3.62. The maximum Gasteiger partial charge on any atom is 0.121 e.